The van der Waals surface area contributed by atoms with Crippen LogP contribution in [0.3, 0.4) is 0 Å². The quantitative estimate of drug-likeness (QED) is 0.658. The number of allylic oxidation sites excluding steroid dienone is 1. The first-order chi connectivity index (χ1) is 12.4. The molecule has 6 heteroatoms. The van der Waals surface area contributed by atoms with Crippen LogP contribution in [0.25, 0.3) is 11.0 Å². The monoisotopic (exact) mass is 351 g/mol. The van der Waals surface area contributed by atoms with Crippen molar-refractivity contribution in [1.29, 1.82) is 0 Å². The van der Waals surface area contributed by atoms with E-state index >= 15 is 0 Å². The summed E-state index contributed by atoms with van der Waals surface area (Å²) < 4.78 is 1.78. The van der Waals surface area contributed by atoms with Gasteiger partial charge in [0.15, 0.2) is 5.65 Å². The molecule has 2 heterocycles. The molecular formula is C20H25N5O. The maximum absolute atomic E-state index is 12.5. The largest absolute Gasteiger partial charge is 0.349 e. The zero-order valence-electron chi connectivity index (χ0n) is 15.5. The number of fused-ring (bicyclic) bond motifs is 1. The molecule has 0 aliphatic heterocycles. The predicted molar refractivity (Wildman–Crippen MR) is 105 cm³/mol. The molecule has 6 nitrogen and oxygen atoms in total. The van der Waals surface area contributed by atoms with Gasteiger partial charge in [0.2, 0.25) is 5.95 Å². The van der Waals surface area contributed by atoms with Crippen LogP contribution in [0.2, 0.25) is 0 Å². The highest BCUT2D eigenvalue weighted by Gasteiger charge is 2.20. The van der Waals surface area contributed by atoms with Crippen LogP contribution in [0, 0.1) is 0 Å². The Morgan fingerprint density at radius 3 is 2.69 bits per heavy atom. The van der Waals surface area contributed by atoms with Crippen LogP contribution in [0.4, 0.5) is 5.95 Å². The van der Waals surface area contributed by atoms with Gasteiger partial charge in [-0.2, -0.15) is 10.1 Å². The number of nitrogens with one attached hydrogen (secondary N) is 2. The molecule has 0 saturated carbocycles. The minimum Gasteiger partial charge on any atom is -0.349 e. The summed E-state index contributed by atoms with van der Waals surface area (Å²) in [5, 5.41) is 8.22. The molecule has 0 aliphatic rings. The number of nitrogens with zero attached hydrogens (tertiary/aromatic N) is 3. The van der Waals surface area contributed by atoms with Crippen molar-refractivity contribution in [3.63, 3.8) is 0 Å². The van der Waals surface area contributed by atoms with Gasteiger partial charge in [0.1, 0.15) is 5.39 Å². The Morgan fingerprint density at radius 1 is 1.31 bits per heavy atom. The number of hydrogen-bond acceptors (Lipinski definition) is 4. The van der Waals surface area contributed by atoms with Crippen LogP contribution in [-0.4, -0.2) is 19.7 Å². The van der Waals surface area contributed by atoms with E-state index in [0.29, 0.717) is 17.0 Å². The van der Waals surface area contributed by atoms with E-state index in [4.69, 9.17) is 0 Å². The van der Waals surface area contributed by atoms with E-state index in [9.17, 15) is 4.79 Å². The number of aromatic amines is 1. The van der Waals surface area contributed by atoms with Crippen molar-refractivity contribution in [2.45, 2.75) is 45.2 Å². The lowest BCUT2D eigenvalue weighted by atomic mass is 10.0. The lowest BCUT2D eigenvalue weighted by Gasteiger charge is -2.21. The van der Waals surface area contributed by atoms with E-state index in [1.54, 1.807) is 10.9 Å². The molecule has 26 heavy (non-hydrogen) atoms. The summed E-state index contributed by atoms with van der Waals surface area (Å²) in [6.45, 7) is 9.91. The zero-order valence-corrected chi connectivity index (χ0v) is 15.5. The minimum atomic E-state index is -0.262. The van der Waals surface area contributed by atoms with E-state index in [0.717, 1.165) is 18.4 Å². The summed E-state index contributed by atoms with van der Waals surface area (Å²) in [6.07, 6.45) is 5.18. The van der Waals surface area contributed by atoms with Crippen molar-refractivity contribution in [2.75, 3.05) is 5.32 Å². The molecule has 0 spiro atoms. The average molecular weight is 351 g/mol. The summed E-state index contributed by atoms with van der Waals surface area (Å²) in [4.78, 5) is 19.9. The van der Waals surface area contributed by atoms with Crippen LogP contribution < -0.4 is 10.9 Å². The topological polar surface area (TPSA) is 75.6 Å². The Morgan fingerprint density at radius 2 is 2.04 bits per heavy atom. The predicted octanol–water partition coefficient (Wildman–Crippen LogP) is 3.99. The molecule has 136 valence electrons. The molecule has 1 aromatic carbocycles. The number of H-pyrrole nitrogens is 1. The molecule has 0 bridgehead atoms. The highest BCUT2D eigenvalue weighted by atomic mass is 16.1. The molecule has 0 saturated heterocycles. The molecule has 3 rings (SSSR count). The maximum Gasteiger partial charge on any atom is 0.263 e. The normalized spacial score (nSPS) is 12.9. The highest BCUT2D eigenvalue weighted by molar-refractivity contribution is 5.74. The first-order valence-corrected chi connectivity index (χ1v) is 8.81. The van der Waals surface area contributed by atoms with E-state index < -0.39 is 0 Å². The highest BCUT2D eigenvalue weighted by Crippen LogP contribution is 2.24. The second-order valence-electron chi connectivity index (χ2n) is 7.35. The first kappa shape index (κ1) is 17.9. The SMILES string of the molecule is C=CCCC(Nc1nc2c(cnn2C(C)(C)C)c(=O)[nH]1)c1ccccc1. The number of rotatable bonds is 6. The van der Waals surface area contributed by atoms with Gasteiger partial charge in [-0.1, -0.05) is 36.4 Å². The number of hydrogen-bond donors (Lipinski definition) is 2. The van der Waals surface area contributed by atoms with Gasteiger partial charge in [-0.3, -0.25) is 9.78 Å². The van der Waals surface area contributed by atoms with Gasteiger partial charge in [-0.25, -0.2) is 4.68 Å². The number of benzene rings is 1. The third kappa shape index (κ3) is 3.69. The van der Waals surface area contributed by atoms with E-state index in [1.165, 1.54) is 0 Å². The fraction of sp³-hybridized carbons (Fsp3) is 0.350. The average Bonchev–Trinajstić information content (AvgIpc) is 3.04. The van der Waals surface area contributed by atoms with Crippen molar-refractivity contribution < 1.29 is 0 Å². The Bertz CT molecular complexity index is 950. The standard InChI is InChI=1S/C20H25N5O/c1-5-6-12-16(14-10-8-7-9-11-14)22-19-23-17-15(18(26)24-19)13-21-25(17)20(2,3)4/h5,7-11,13,16H,1,6,12H2,2-4H3,(H2,22,23,24,26). The molecule has 2 N–H and O–H groups in total. The molecule has 1 unspecified atom stereocenters. The van der Waals surface area contributed by atoms with Gasteiger partial charge < -0.3 is 5.32 Å². The molecule has 1 atom stereocenters. The van der Waals surface area contributed by atoms with Gasteiger partial charge in [0.05, 0.1) is 17.8 Å². The Kier molecular flexibility index (Phi) is 4.93. The van der Waals surface area contributed by atoms with Crippen LogP contribution in [-0.2, 0) is 5.54 Å². The summed E-state index contributed by atoms with van der Waals surface area (Å²) in [6, 6.07) is 10.2. The second kappa shape index (κ2) is 7.15. The molecule has 0 fully saturated rings. The second-order valence-corrected chi connectivity index (χ2v) is 7.35. The molecule has 0 aliphatic carbocycles. The summed E-state index contributed by atoms with van der Waals surface area (Å²) in [5.74, 6) is 0.450. The summed E-state index contributed by atoms with van der Waals surface area (Å²) in [7, 11) is 0. The Balaban J connectivity index is 2.00. The van der Waals surface area contributed by atoms with E-state index in [2.05, 4.69) is 39.1 Å². The van der Waals surface area contributed by atoms with Crippen molar-refractivity contribution in [3.05, 3.63) is 65.1 Å². The minimum absolute atomic E-state index is 0.0285. The Labute approximate surface area is 153 Å². The fourth-order valence-electron chi connectivity index (χ4n) is 2.93. The van der Waals surface area contributed by atoms with Gasteiger partial charge in [-0.15, -0.1) is 6.58 Å². The maximum atomic E-state index is 12.5. The van der Waals surface area contributed by atoms with Crippen molar-refractivity contribution in [3.8, 4) is 0 Å². The summed E-state index contributed by atoms with van der Waals surface area (Å²) >= 11 is 0. The van der Waals surface area contributed by atoms with Crippen molar-refractivity contribution in [1.82, 2.24) is 19.7 Å². The first-order valence-electron chi connectivity index (χ1n) is 8.81. The van der Waals surface area contributed by atoms with Crippen LogP contribution >= 0.6 is 0 Å². The van der Waals surface area contributed by atoms with Gasteiger partial charge in [0, 0.05) is 0 Å². The van der Waals surface area contributed by atoms with E-state index in [1.807, 2.05) is 45.0 Å². The molecule has 0 amide bonds. The molecule has 3 aromatic rings. The van der Waals surface area contributed by atoms with Crippen LogP contribution in [0.1, 0.15) is 45.2 Å². The Hall–Kier alpha value is -2.89. The van der Waals surface area contributed by atoms with Crippen molar-refractivity contribution in [2.24, 2.45) is 0 Å². The zero-order chi connectivity index (χ0) is 18.7. The number of aromatic nitrogens is 4. The van der Waals surface area contributed by atoms with Crippen molar-refractivity contribution >= 4 is 17.0 Å². The van der Waals surface area contributed by atoms with Gasteiger partial charge in [-0.05, 0) is 39.2 Å². The lowest BCUT2D eigenvalue weighted by Crippen LogP contribution is -2.24. The molecular weight excluding hydrogens is 326 g/mol. The van der Waals surface area contributed by atoms with Crippen LogP contribution in [0.5, 0.6) is 0 Å². The van der Waals surface area contributed by atoms with Crippen LogP contribution in [0.15, 0.2) is 54.0 Å². The van der Waals surface area contributed by atoms with E-state index in [-0.39, 0.29) is 17.1 Å². The third-order valence-corrected chi connectivity index (χ3v) is 4.25. The third-order valence-electron chi connectivity index (χ3n) is 4.25. The lowest BCUT2D eigenvalue weighted by molar-refractivity contribution is 0.366. The number of anilines is 1. The van der Waals surface area contributed by atoms with Gasteiger partial charge >= 0.3 is 0 Å². The molecule has 0 radical (unpaired) electrons. The summed E-state index contributed by atoms with van der Waals surface area (Å²) in [5.41, 5.74) is 1.27. The fourth-order valence-corrected chi connectivity index (χ4v) is 2.93. The van der Waals surface area contributed by atoms with Gasteiger partial charge in [0.25, 0.3) is 5.56 Å². The molecule has 2 aromatic heterocycles. The smallest absolute Gasteiger partial charge is 0.263 e.